The Kier molecular flexibility index (Phi) is 2.79. The van der Waals surface area contributed by atoms with Crippen molar-refractivity contribution in [3.05, 3.63) is 48.0 Å². The van der Waals surface area contributed by atoms with E-state index in [0.717, 1.165) is 5.56 Å². The minimum atomic E-state index is -0.106. The van der Waals surface area contributed by atoms with Crippen molar-refractivity contribution in [1.29, 1.82) is 0 Å². The Hall–Kier alpha value is -2.00. The third-order valence-electron chi connectivity index (χ3n) is 2.46. The van der Waals surface area contributed by atoms with E-state index in [0.29, 0.717) is 11.1 Å². The molecule has 2 rings (SSSR count). The molecule has 0 saturated heterocycles. The van der Waals surface area contributed by atoms with Gasteiger partial charge in [-0.3, -0.25) is 0 Å². The lowest BCUT2D eigenvalue weighted by atomic mass is 9.99. The van der Waals surface area contributed by atoms with Crippen LogP contribution in [-0.2, 0) is 6.61 Å². The molecule has 3 heteroatoms. The van der Waals surface area contributed by atoms with Crippen LogP contribution in [0.1, 0.15) is 5.56 Å². The van der Waals surface area contributed by atoms with E-state index in [1.807, 2.05) is 12.1 Å². The molecule has 0 amide bonds. The second kappa shape index (κ2) is 4.24. The summed E-state index contributed by atoms with van der Waals surface area (Å²) in [6, 6.07) is 11.5. The van der Waals surface area contributed by atoms with Crippen molar-refractivity contribution < 1.29 is 15.3 Å². The molecular weight excluding hydrogens is 204 g/mol. The van der Waals surface area contributed by atoms with Crippen LogP contribution in [0.5, 0.6) is 11.5 Å². The largest absolute Gasteiger partial charge is 0.508 e. The third kappa shape index (κ3) is 1.85. The van der Waals surface area contributed by atoms with Crippen LogP contribution in [0.25, 0.3) is 11.1 Å². The Bertz CT molecular complexity index is 506. The number of hydrogen-bond acceptors (Lipinski definition) is 3. The number of aliphatic hydroxyl groups excluding tert-OH is 1. The van der Waals surface area contributed by atoms with Crippen molar-refractivity contribution in [3.8, 4) is 22.6 Å². The molecule has 3 N–H and O–H groups in total. The molecule has 3 nitrogen and oxygen atoms in total. The van der Waals surface area contributed by atoms with Crippen LogP contribution in [0.4, 0.5) is 0 Å². The molecule has 0 saturated carbocycles. The van der Waals surface area contributed by atoms with E-state index < -0.39 is 0 Å². The molecule has 0 aliphatic rings. The topological polar surface area (TPSA) is 60.7 Å². The fourth-order valence-corrected chi connectivity index (χ4v) is 1.66. The van der Waals surface area contributed by atoms with E-state index >= 15 is 0 Å². The number of phenols is 2. The van der Waals surface area contributed by atoms with Gasteiger partial charge in [0.15, 0.2) is 0 Å². The zero-order chi connectivity index (χ0) is 11.5. The Morgan fingerprint density at radius 1 is 0.875 bits per heavy atom. The van der Waals surface area contributed by atoms with E-state index in [-0.39, 0.29) is 18.1 Å². The number of hydrogen-bond donors (Lipinski definition) is 3. The molecule has 0 fully saturated rings. The maximum atomic E-state index is 9.72. The molecule has 0 aliphatic carbocycles. The first-order valence-electron chi connectivity index (χ1n) is 4.93. The molecule has 0 unspecified atom stereocenters. The highest BCUT2D eigenvalue weighted by Gasteiger charge is 2.08. The number of phenolic OH excluding ortho intramolecular Hbond substituents is 2. The molecular formula is C13H12O3. The van der Waals surface area contributed by atoms with E-state index in [1.54, 1.807) is 12.1 Å². The second-order valence-electron chi connectivity index (χ2n) is 3.52. The quantitative estimate of drug-likeness (QED) is 0.675. The maximum Gasteiger partial charge on any atom is 0.123 e. The van der Waals surface area contributed by atoms with Crippen LogP contribution < -0.4 is 0 Å². The highest BCUT2D eigenvalue weighted by atomic mass is 16.3. The molecule has 82 valence electrons. The van der Waals surface area contributed by atoms with E-state index in [1.165, 1.54) is 18.2 Å². The highest BCUT2D eigenvalue weighted by molar-refractivity contribution is 5.74. The number of benzene rings is 2. The lowest BCUT2D eigenvalue weighted by Crippen LogP contribution is -1.89. The smallest absolute Gasteiger partial charge is 0.123 e. The van der Waals surface area contributed by atoms with Crippen LogP contribution in [0, 0.1) is 0 Å². The van der Waals surface area contributed by atoms with Crippen LogP contribution in [0.3, 0.4) is 0 Å². The summed E-state index contributed by atoms with van der Waals surface area (Å²) in [5.41, 5.74) is 1.95. The lowest BCUT2D eigenvalue weighted by molar-refractivity contribution is 0.282. The minimum absolute atomic E-state index is 0.0821. The van der Waals surface area contributed by atoms with E-state index in [2.05, 4.69) is 0 Å². The second-order valence-corrected chi connectivity index (χ2v) is 3.52. The lowest BCUT2D eigenvalue weighted by Gasteiger charge is -2.09. The first kappa shape index (κ1) is 10.5. The van der Waals surface area contributed by atoms with Gasteiger partial charge in [0.05, 0.1) is 6.61 Å². The summed E-state index contributed by atoms with van der Waals surface area (Å²) >= 11 is 0. The molecule has 2 aromatic rings. The van der Waals surface area contributed by atoms with Gasteiger partial charge in [-0.25, -0.2) is 0 Å². The van der Waals surface area contributed by atoms with Crippen molar-refractivity contribution in [2.45, 2.75) is 6.61 Å². The number of aliphatic hydroxyl groups is 1. The summed E-state index contributed by atoms with van der Waals surface area (Å²) < 4.78 is 0. The van der Waals surface area contributed by atoms with Gasteiger partial charge in [0.1, 0.15) is 11.5 Å². The predicted octanol–water partition coefficient (Wildman–Crippen LogP) is 2.26. The molecule has 0 radical (unpaired) electrons. The van der Waals surface area contributed by atoms with Gasteiger partial charge < -0.3 is 15.3 Å². The molecule has 0 aliphatic heterocycles. The maximum absolute atomic E-state index is 9.72. The Labute approximate surface area is 93.2 Å². The average Bonchev–Trinajstić information content (AvgIpc) is 2.32. The summed E-state index contributed by atoms with van der Waals surface area (Å²) in [6.45, 7) is -0.106. The van der Waals surface area contributed by atoms with Gasteiger partial charge in [0.25, 0.3) is 0 Å². The van der Waals surface area contributed by atoms with Crippen molar-refractivity contribution in [2.75, 3.05) is 0 Å². The molecule has 0 atom stereocenters. The Morgan fingerprint density at radius 3 is 2.38 bits per heavy atom. The first-order chi connectivity index (χ1) is 7.72. The fraction of sp³-hybridized carbons (Fsp3) is 0.0769. The normalized spacial score (nSPS) is 10.3. The monoisotopic (exact) mass is 216 g/mol. The fourth-order valence-electron chi connectivity index (χ4n) is 1.66. The van der Waals surface area contributed by atoms with Crippen molar-refractivity contribution in [2.24, 2.45) is 0 Å². The SMILES string of the molecule is OCc1ccccc1-c1cc(O)ccc1O. The van der Waals surface area contributed by atoms with Gasteiger partial charge in [0, 0.05) is 5.56 Å². The Balaban J connectivity index is 2.62. The number of rotatable bonds is 2. The summed E-state index contributed by atoms with van der Waals surface area (Å²) in [5.74, 6) is 0.166. The van der Waals surface area contributed by atoms with Crippen molar-refractivity contribution >= 4 is 0 Å². The molecule has 2 aromatic carbocycles. The van der Waals surface area contributed by atoms with Crippen LogP contribution in [0.15, 0.2) is 42.5 Å². The third-order valence-corrected chi connectivity index (χ3v) is 2.46. The molecule has 0 spiro atoms. The zero-order valence-corrected chi connectivity index (χ0v) is 8.59. The van der Waals surface area contributed by atoms with Gasteiger partial charge in [-0.2, -0.15) is 0 Å². The predicted molar refractivity (Wildman–Crippen MR) is 61.1 cm³/mol. The minimum Gasteiger partial charge on any atom is -0.508 e. The molecule has 16 heavy (non-hydrogen) atoms. The van der Waals surface area contributed by atoms with Crippen molar-refractivity contribution in [1.82, 2.24) is 0 Å². The summed E-state index contributed by atoms with van der Waals surface area (Å²) in [4.78, 5) is 0. The van der Waals surface area contributed by atoms with Crippen LogP contribution >= 0.6 is 0 Å². The molecule has 0 aromatic heterocycles. The first-order valence-corrected chi connectivity index (χ1v) is 4.93. The zero-order valence-electron chi connectivity index (χ0n) is 8.59. The Morgan fingerprint density at radius 2 is 1.62 bits per heavy atom. The van der Waals surface area contributed by atoms with Gasteiger partial charge in [0.2, 0.25) is 0 Å². The molecule has 0 bridgehead atoms. The summed E-state index contributed by atoms with van der Waals surface area (Å²) in [7, 11) is 0. The average molecular weight is 216 g/mol. The van der Waals surface area contributed by atoms with Crippen LogP contribution in [-0.4, -0.2) is 15.3 Å². The highest BCUT2D eigenvalue weighted by Crippen LogP contribution is 2.34. The summed E-state index contributed by atoms with van der Waals surface area (Å²) in [6.07, 6.45) is 0. The van der Waals surface area contributed by atoms with E-state index in [9.17, 15) is 15.3 Å². The number of aromatic hydroxyl groups is 2. The van der Waals surface area contributed by atoms with Gasteiger partial charge in [-0.1, -0.05) is 24.3 Å². The molecule has 0 heterocycles. The van der Waals surface area contributed by atoms with Gasteiger partial charge in [-0.15, -0.1) is 0 Å². The van der Waals surface area contributed by atoms with Crippen molar-refractivity contribution in [3.63, 3.8) is 0 Å². The van der Waals surface area contributed by atoms with Gasteiger partial charge in [-0.05, 0) is 29.3 Å². The summed E-state index contributed by atoms with van der Waals surface area (Å²) in [5, 5.41) is 28.3. The van der Waals surface area contributed by atoms with Crippen LogP contribution in [0.2, 0.25) is 0 Å². The standard InChI is InChI=1S/C13H12O3/c14-8-9-3-1-2-4-11(9)12-7-10(15)5-6-13(12)16/h1-7,14-16H,8H2. The van der Waals surface area contributed by atoms with E-state index in [4.69, 9.17) is 0 Å². The van der Waals surface area contributed by atoms with Gasteiger partial charge >= 0.3 is 0 Å².